The lowest BCUT2D eigenvalue weighted by atomic mass is 9.92. The fourth-order valence-corrected chi connectivity index (χ4v) is 2.03. The van der Waals surface area contributed by atoms with Crippen molar-refractivity contribution in [3.63, 3.8) is 0 Å². The van der Waals surface area contributed by atoms with Crippen LogP contribution in [0.25, 0.3) is 5.57 Å². The zero-order valence-corrected chi connectivity index (χ0v) is 13.4. The molecule has 1 rings (SSSR count). The van der Waals surface area contributed by atoms with Gasteiger partial charge in [0.05, 0.1) is 18.2 Å². The number of benzene rings is 1. The molecule has 3 N–H and O–H groups in total. The van der Waals surface area contributed by atoms with Crippen molar-refractivity contribution in [2.45, 2.75) is 45.7 Å². The minimum Gasteiger partial charge on any atom is -0.394 e. The van der Waals surface area contributed by atoms with E-state index in [1.54, 1.807) is 0 Å². The Morgan fingerprint density at radius 2 is 2.10 bits per heavy atom. The average Bonchev–Trinajstić information content (AvgIpc) is 2.44. The topological polar surface area (TPSA) is 61.4 Å². The number of amides is 2. The summed E-state index contributed by atoms with van der Waals surface area (Å²) in [6.45, 7) is 11.7. The van der Waals surface area contributed by atoms with E-state index < -0.39 is 5.54 Å². The molecule has 0 fully saturated rings. The van der Waals surface area contributed by atoms with E-state index in [4.69, 9.17) is 5.11 Å². The maximum atomic E-state index is 12.0. The van der Waals surface area contributed by atoms with Crippen molar-refractivity contribution in [3.8, 4) is 0 Å². The Morgan fingerprint density at radius 3 is 2.62 bits per heavy atom. The molecule has 0 aliphatic carbocycles. The molecule has 2 amide bonds. The number of hydrogen-bond donors (Lipinski definition) is 3. The Bertz CT molecular complexity index is 505. The number of aliphatic hydroxyl groups is 1. The second kappa shape index (κ2) is 7.27. The van der Waals surface area contributed by atoms with E-state index >= 15 is 0 Å². The molecule has 21 heavy (non-hydrogen) atoms. The largest absolute Gasteiger partial charge is 0.394 e. The van der Waals surface area contributed by atoms with E-state index in [1.807, 2.05) is 52.0 Å². The summed E-state index contributed by atoms with van der Waals surface area (Å²) in [6.07, 6.45) is 0.690. The molecular weight excluding hydrogens is 264 g/mol. The van der Waals surface area contributed by atoms with Crippen molar-refractivity contribution in [1.29, 1.82) is 0 Å². The number of aliphatic hydroxyl groups excluding tert-OH is 1. The normalized spacial score (nSPS) is 12.6. The first-order valence-corrected chi connectivity index (χ1v) is 7.26. The predicted octanol–water partition coefficient (Wildman–Crippen LogP) is 3.02. The first kappa shape index (κ1) is 17.2. The highest BCUT2D eigenvalue weighted by Gasteiger charge is 2.24. The van der Waals surface area contributed by atoms with Gasteiger partial charge in [-0.05, 0) is 44.4 Å². The van der Waals surface area contributed by atoms with E-state index in [-0.39, 0.29) is 18.7 Å². The zero-order chi connectivity index (χ0) is 16.0. The summed E-state index contributed by atoms with van der Waals surface area (Å²) in [5, 5.41) is 14.8. The summed E-state index contributed by atoms with van der Waals surface area (Å²) >= 11 is 0. The molecule has 4 nitrogen and oxygen atoms in total. The van der Waals surface area contributed by atoms with Crippen LogP contribution < -0.4 is 10.6 Å². The van der Waals surface area contributed by atoms with Crippen LogP contribution in [0.3, 0.4) is 0 Å². The van der Waals surface area contributed by atoms with Gasteiger partial charge in [-0.25, -0.2) is 4.79 Å². The van der Waals surface area contributed by atoms with Crippen LogP contribution in [0.1, 0.15) is 45.2 Å². The summed E-state index contributed by atoms with van der Waals surface area (Å²) in [5.41, 5.74) is 2.55. The van der Waals surface area contributed by atoms with Gasteiger partial charge in [-0.3, -0.25) is 0 Å². The maximum absolute atomic E-state index is 12.0. The Hall–Kier alpha value is -1.81. The van der Waals surface area contributed by atoms with Gasteiger partial charge in [-0.2, -0.15) is 0 Å². The van der Waals surface area contributed by atoms with Gasteiger partial charge in [0, 0.05) is 0 Å². The quantitative estimate of drug-likeness (QED) is 0.754. The standard InChI is InChI=1S/C17H26N2O2/c1-6-15(11-20)18-16(21)19-17(4,5)14-9-7-8-13(10-14)12(2)3/h7-10,15,20H,2,6,11H2,1,3-5H3,(H2,18,19,21). The Balaban J connectivity index is 2.83. The highest BCUT2D eigenvalue weighted by Crippen LogP contribution is 2.23. The Morgan fingerprint density at radius 1 is 1.43 bits per heavy atom. The molecule has 0 saturated carbocycles. The summed E-state index contributed by atoms with van der Waals surface area (Å²) in [6, 6.07) is 7.48. The van der Waals surface area contributed by atoms with Gasteiger partial charge in [-0.1, -0.05) is 37.3 Å². The molecule has 1 aromatic carbocycles. The fourth-order valence-electron chi connectivity index (χ4n) is 2.03. The minimum absolute atomic E-state index is 0.0600. The summed E-state index contributed by atoms with van der Waals surface area (Å²) < 4.78 is 0. The van der Waals surface area contributed by atoms with E-state index in [2.05, 4.69) is 17.2 Å². The van der Waals surface area contributed by atoms with Crippen LogP contribution in [0.2, 0.25) is 0 Å². The van der Waals surface area contributed by atoms with Gasteiger partial charge in [0.15, 0.2) is 0 Å². The number of hydrogen-bond acceptors (Lipinski definition) is 2. The molecule has 1 unspecified atom stereocenters. The third kappa shape index (κ3) is 4.90. The van der Waals surface area contributed by atoms with Gasteiger partial charge < -0.3 is 15.7 Å². The smallest absolute Gasteiger partial charge is 0.315 e. The van der Waals surface area contributed by atoms with E-state index in [9.17, 15) is 4.79 Å². The lowest BCUT2D eigenvalue weighted by Crippen LogP contribution is -2.50. The first-order valence-electron chi connectivity index (χ1n) is 7.26. The van der Waals surface area contributed by atoms with E-state index in [0.29, 0.717) is 6.42 Å². The molecule has 0 radical (unpaired) electrons. The van der Waals surface area contributed by atoms with Crippen LogP contribution in [0.5, 0.6) is 0 Å². The minimum atomic E-state index is -0.511. The molecule has 1 atom stereocenters. The second-order valence-electron chi connectivity index (χ2n) is 5.87. The van der Waals surface area contributed by atoms with Crippen molar-refractivity contribution >= 4 is 11.6 Å². The molecule has 4 heteroatoms. The molecule has 0 saturated heterocycles. The van der Waals surface area contributed by atoms with Crippen LogP contribution in [-0.4, -0.2) is 23.8 Å². The molecule has 0 heterocycles. The van der Waals surface area contributed by atoms with Crippen LogP contribution in [0, 0.1) is 0 Å². The van der Waals surface area contributed by atoms with Gasteiger partial charge >= 0.3 is 6.03 Å². The summed E-state index contributed by atoms with van der Waals surface area (Å²) in [4.78, 5) is 12.0. The number of urea groups is 1. The number of allylic oxidation sites excluding steroid dienone is 1. The van der Waals surface area contributed by atoms with E-state index in [0.717, 1.165) is 16.7 Å². The number of rotatable bonds is 6. The molecular formula is C17H26N2O2. The van der Waals surface area contributed by atoms with E-state index in [1.165, 1.54) is 0 Å². The summed E-state index contributed by atoms with van der Waals surface area (Å²) in [5.74, 6) is 0. The molecule has 0 bridgehead atoms. The average molecular weight is 290 g/mol. The van der Waals surface area contributed by atoms with Gasteiger partial charge in [0.2, 0.25) is 0 Å². The number of carbonyl (C=O) groups is 1. The second-order valence-corrected chi connectivity index (χ2v) is 5.87. The molecule has 0 aliphatic heterocycles. The highest BCUT2D eigenvalue weighted by atomic mass is 16.3. The van der Waals surface area contributed by atoms with Crippen LogP contribution >= 0.6 is 0 Å². The van der Waals surface area contributed by atoms with Gasteiger partial charge in [0.25, 0.3) is 0 Å². The molecule has 1 aromatic rings. The number of carbonyl (C=O) groups excluding carboxylic acids is 1. The molecule has 116 valence electrons. The first-order chi connectivity index (χ1) is 9.80. The van der Waals surface area contributed by atoms with Crippen molar-refractivity contribution in [2.24, 2.45) is 0 Å². The molecule has 0 spiro atoms. The van der Waals surface area contributed by atoms with Gasteiger partial charge in [0.1, 0.15) is 0 Å². The van der Waals surface area contributed by atoms with Gasteiger partial charge in [-0.15, -0.1) is 0 Å². The highest BCUT2D eigenvalue weighted by molar-refractivity contribution is 5.75. The Labute approximate surface area is 127 Å². The lowest BCUT2D eigenvalue weighted by Gasteiger charge is -2.28. The monoisotopic (exact) mass is 290 g/mol. The van der Waals surface area contributed by atoms with Crippen molar-refractivity contribution in [3.05, 3.63) is 42.0 Å². The SMILES string of the molecule is C=C(C)c1cccc(C(C)(C)NC(=O)NC(CC)CO)c1. The molecule has 0 aromatic heterocycles. The fraction of sp³-hybridized carbons (Fsp3) is 0.471. The van der Waals surface area contributed by atoms with Crippen molar-refractivity contribution in [1.82, 2.24) is 10.6 Å². The van der Waals surface area contributed by atoms with Crippen LogP contribution in [0.4, 0.5) is 4.79 Å². The molecule has 0 aliphatic rings. The predicted molar refractivity (Wildman–Crippen MR) is 87.0 cm³/mol. The number of nitrogens with one attached hydrogen (secondary N) is 2. The summed E-state index contributed by atoms with van der Waals surface area (Å²) in [7, 11) is 0. The Kier molecular flexibility index (Phi) is 5.97. The van der Waals surface area contributed by atoms with Crippen LogP contribution in [0.15, 0.2) is 30.8 Å². The lowest BCUT2D eigenvalue weighted by molar-refractivity contribution is 0.207. The zero-order valence-electron chi connectivity index (χ0n) is 13.4. The maximum Gasteiger partial charge on any atom is 0.315 e. The third-order valence-corrected chi connectivity index (χ3v) is 3.55. The van der Waals surface area contributed by atoms with Crippen molar-refractivity contribution in [2.75, 3.05) is 6.61 Å². The third-order valence-electron chi connectivity index (χ3n) is 3.55. The van der Waals surface area contributed by atoms with Crippen molar-refractivity contribution < 1.29 is 9.90 Å². The van der Waals surface area contributed by atoms with Crippen LogP contribution in [-0.2, 0) is 5.54 Å².